The molecule has 0 bridgehead atoms. The van der Waals surface area contributed by atoms with Crippen molar-refractivity contribution in [2.24, 2.45) is 0 Å². The Morgan fingerprint density at radius 2 is 1.79 bits per heavy atom. The molecule has 0 saturated carbocycles. The molecule has 0 fully saturated rings. The van der Waals surface area contributed by atoms with E-state index in [0.717, 1.165) is 44.4 Å². The second kappa shape index (κ2) is 7.36. The maximum Gasteiger partial charge on any atom is 0.255 e. The number of aryl methyl sites for hydroxylation is 2. The summed E-state index contributed by atoms with van der Waals surface area (Å²) in [4.78, 5) is 21.1. The maximum absolute atomic E-state index is 12.8. The molecule has 0 unspecified atom stereocenters. The van der Waals surface area contributed by atoms with E-state index in [9.17, 15) is 4.79 Å². The topological polar surface area (TPSA) is 80.9 Å². The van der Waals surface area contributed by atoms with Crippen LogP contribution in [-0.4, -0.2) is 15.9 Å². The number of nitrogens with two attached hydrogens (primary N) is 1. The number of aromatic nitrogens is 2. The van der Waals surface area contributed by atoms with E-state index in [2.05, 4.69) is 22.2 Å². The highest BCUT2D eigenvalue weighted by Crippen LogP contribution is 2.29. The normalized spacial score (nSPS) is 10.9. The number of nitrogen functional groups attached to an aromatic ring is 1. The average molecular weight is 382 g/mol. The molecule has 29 heavy (non-hydrogen) atoms. The van der Waals surface area contributed by atoms with Gasteiger partial charge in [0, 0.05) is 22.8 Å². The molecule has 4 rings (SSSR count). The first-order chi connectivity index (χ1) is 13.9. The summed E-state index contributed by atoms with van der Waals surface area (Å²) in [6, 6.07) is 17.7. The highest BCUT2D eigenvalue weighted by Gasteiger charge is 2.12. The van der Waals surface area contributed by atoms with Crippen molar-refractivity contribution in [1.82, 2.24) is 9.97 Å². The number of carbonyl (C=O) groups is 1. The Bertz CT molecular complexity index is 1250. The molecule has 0 aliphatic heterocycles. The Labute approximate surface area is 169 Å². The number of carbonyl (C=O) groups excluding carboxylic acids is 1. The molecule has 0 atom stereocenters. The lowest BCUT2D eigenvalue weighted by Gasteiger charge is -2.13. The van der Waals surface area contributed by atoms with E-state index in [1.807, 2.05) is 68.4 Å². The fourth-order valence-corrected chi connectivity index (χ4v) is 3.42. The van der Waals surface area contributed by atoms with Crippen molar-refractivity contribution < 1.29 is 4.79 Å². The van der Waals surface area contributed by atoms with Gasteiger partial charge in [0.1, 0.15) is 0 Å². The lowest BCUT2D eigenvalue weighted by molar-refractivity contribution is 0.102. The van der Waals surface area contributed by atoms with Crippen LogP contribution >= 0.6 is 0 Å². The number of benzene rings is 3. The lowest BCUT2D eigenvalue weighted by atomic mass is 9.98. The van der Waals surface area contributed by atoms with Gasteiger partial charge >= 0.3 is 0 Å². The number of rotatable bonds is 3. The number of fused-ring (bicyclic) bond motifs is 1. The van der Waals surface area contributed by atoms with Gasteiger partial charge in [-0.05, 0) is 78.9 Å². The van der Waals surface area contributed by atoms with Gasteiger partial charge in [0.15, 0.2) is 0 Å². The molecule has 5 nitrogen and oxygen atoms in total. The third-order valence-corrected chi connectivity index (χ3v) is 5.25. The Morgan fingerprint density at radius 1 is 0.966 bits per heavy atom. The Kier molecular flexibility index (Phi) is 4.72. The Balaban J connectivity index is 1.68. The van der Waals surface area contributed by atoms with E-state index >= 15 is 0 Å². The van der Waals surface area contributed by atoms with Crippen LogP contribution in [0.5, 0.6) is 0 Å². The number of nitrogens with one attached hydrogen (secondary N) is 1. The van der Waals surface area contributed by atoms with Crippen molar-refractivity contribution in [2.75, 3.05) is 11.1 Å². The lowest BCUT2D eigenvalue weighted by Crippen LogP contribution is -2.14. The first-order valence-corrected chi connectivity index (χ1v) is 9.43. The van der Waals surface area contributed by atoms with Crippen molar-refractivity contribution in [3.05, 3.63) is 83.0 Å². The standard InChI is InChI=1S/C24H22N4O/c1-14-5-4-6-20(16(14)3)23(29)27-19-9-7-15(2)21(12-19)17-8-10-22-18(11-17)13-26-24(25)28-22/h4-13H,1-3H3,(H,27,29)(H2,25,26,28). The first-order valence-electron chi connectivity index (χ1n) is 9.43. The predicted molar refractivity (Wildman–Crippen MR) is 118 cm³/mol. The van der Waals surface area contributed by atoms with Crippen molar-refractivity contribution >= 4 is 28.4 Å². The summed E-state index contributed by atoms with van der Waals surface area (Å²) in [5.74, 6) is 0.154. The van der Waals surface area contributed by atoms with Gasteiger partial charge in [0.05, 0.1) is 5.52 Å². The van der Waals surface area contributed by atoms with E-state index in [-0.39, 0.29) is 11.9 Å². The largest absolute Gasteiger partial charge is 0.368 e. The summed E-state index contributed by atoms with van der Waals surface area (Å²) < 4.78 is 0. The van der Waals surface area contributed by atoms with Gasteiger partial charge in [-0.25, -0.2) is 9.97 Å². The third kappa shape index (κ3) is 3.67. The highest BCUT2D eigenvalue weighted by molar-refractivity contribution is 6.05. The molecule has 0 saturated heterocycles. The summed E-state index contributed by atoms with van der Waals surface area (Å²) in [7, 11) is 0. The van der Waals surface area contributed by atoms with Gasteiger partial charge in [0.25, 0.3) is 5.91 Å². The number of hydrogen-bond donors (Lipinski definition) is 2. The van der Waals surface area contributed by atoms with Crippen molar-refractivity contribution in [3.8, 4) is 11.1 Å². The Hall–Kier alpha value is -3.73. The van der Waals surface area contributed by atoms with E-state index in [1.165, 1.54) is 0 Å². The van der Waals surface area contributed by atoms with Crippen LogP contribution in [0.15, 0.2) is 60.8 Å². The van der Waals surface area contributed by atoms with E-state index < -0.39 is 0 Å². The second-order valence-electron chi connectivity index (χ2n) is 7.23. The van der Waals surface area contributed by atoms with Gasteiger partial charge in [-0.3, -0.25) is 4.79 Å². The van der Waals surface area contributed by atoms with Crippen molar-refractivity contribution in [3.63, 3.8) is 0 Å². The minimum Gasteiger partial charge on any atom is -0.368 e. The summed E-state index contributed by atoms with van der Waals surface area (Å²) >= 11 is 0. The van der Waals surface area contributed by atoms with Crippen LogP contribution in [0.4, 0.5) is 11.6 Å². The second-order valence-corrected chi connectivity index (χ2v) is 7.23. The summed E-state index contributed by atoms with van der Waals surface area (Å²) in [6.07, 6.45) is 1.72. The van der Waals surface area contributed by atoms with E-state index in [4.69, 9.17) is 5.73 Å². The zero-order valence-electron chi connectivity index (χ0n) is 16.7. The molecule has 0 aliphatic rings. The van der Waals surface area contributed by atoms with Gasteiger partial charge < -0.3 is 11.1 Å². The molecule has 4 aromatic rings. The molecule has 5 heteroatoms. The summed E-state index contributed by atoms with van der Waals surface area (Å²) in [5.41, 5.74) is 13.2. The average Bonchev–Trinajstić information content (AvgIpc) is 2.71. The van der Waals surface area contributed by atoms with Crippen LogP contribution in [0.2, 0.25) is 0 Å². The quantitative estimate of drug-likeness (QED) is 0.519. The van der Waals surface area contributed by atoms with Gasteiger partial charge in [-0.2, -0.15) is 0 Å². The number of nitrogens with zero attached hydrogens (tertiary/aromatic N) is 2. The SMILES string of the molecule is Cc1ccc(NC(=O)c2cccc(C)c2C)cc1-c1ccc2nc(N)ncc2c1. The van der Waals surface area contributed by atoms with Gasteiger partial charge in [-0.1, -0.05) is 24.3 Å². The van der Waals surface area contributed by atoms with E-state index in [1.54, 1.807) is 6.20 Å². The predicted octanol–water partition coefficient (Wildman–Crippen LogP) is 5.06. The molecule has 3 aromatic carbocycles. The molecule has 0 spiro atoms. The zero-order chi connectivity index (χ0) is 20.5. The molecule has 144 valence electrons. The van der Waals surface area contributed by atoms with Crippen LogP contribution in [0.1, 0.15) is 27.0 Å². The molecule has 3 N–H and O–H groups in total. The molecule has 0 radical (unpaired) electrons. The zero-order valence-corrected chi connectivity index (χ0v) is 16.7. The van der Waals surface area contributed by atoms with Gasteiger partial charge in [-0.15, -0.1) is 0 Å². The number of amides is 1. The summed E-state index contributed by atoms with van der Waals surface area (Å²) in [6.45, 7) is 6.02. The van der Waals surface area contributed by atoms with Gasteiger partial charge in [0.2, 0.25) is 5.95 Å². The van der Waals surface area contributed by atoms with Crippen LogP contribution in [0, 0.1) is 20.8 Å². The summed E-state index contributed by atoms with van der Waals surface area (Å²) in [5, 5.41) is 3.95. The van der Waals surface area contributed by atoms with Crippen LogP contribution in [-0.2, 0) is 0 Å². The molecule has 1 aromatic heterocycles. The third-order valence-electron chi connectivity index (χ3n) is 5.25. The molecular weight excluding hydrogens is 360 g/mol. The first kappa shape index (κ1) is 18.6. The highest BCUT2D eigenvalue weighted by atomic mass is 16.1. The van der Waals surface area contributed by atoms with Crippen molar-refractivity contribution in [1.29, 1.82) is 0 Å². The molecular formula is C24H22N4O. The number of hydrogen-bond acceptors (Lipinski definition) is 4. The minimum atomic E-state index is -0.108. The van der Waals surface area contributed by atoms with Crippen LogP contribution in [0.3, 0.4) is 0 Å². The molecule has 1 heterocycles. The molecule has 0 aliphatic carbocycles. The van der Waals surface area contributed by atoms with Crippen LogP contribution in [0.25, 0.3) is 22.0 Å². The minimum absolute atomic E-state index is 0.108. The van der Waals surface area contributed by atoms with Crippen LogP contribution < -0.4 is 11.1 Å². The molecule has 1 amide bonds. The monoisotopic (exact) mass is 382 g/mol. The smallest absolute Gasteiger partial charge is 0.255 e. The van der Waals surface area contributed by atoms with E-state index in [0.29, 0.717) is 5.56 Å². The number of anilines is 2. The fourth-order valence-electron chi connectivity index (χ4n) is 3.42. The maximum atomic E-state index is 12.8. The fraction of sp³-hybridized carbons (Fsp3) is 0.125. The Morgan fingerprint density at radius 3 is 2.62 bits per heavy atom. The van der Waals surface area contributed by atoms with Crippen molar-refractivity contribution in [2.45, 2.75) is 20.8 Å².